The Balaban J connectivity index is 0.959. The number of aromatic nitrogens is 5. The van der Waals surface area contributed by atoms with Crippen molar-refractivity contribution in [3.8, 4) is 0 Å². The number of hydrogen-bond donors (Lipinski definition) is 21. The molecule has 14 amide bonds. The van der Waals surface area contributed by atoms with E-state index in [0.717, 1.165) is 67.1 Å². The minimum Gasteiger partial charge on any atom is -0.394 e. The van der Waals surface area contributed by atoms with Crippen molar-refractivity contribution in [3.63, 3.8) is 0 Å². The van der Waals surface area contributed by atoms with Gasteiger partial charge in [-0.05, 0) is 99.3 Å². The number of tetrazole rings is 1. The maximum Gasteiger partial charge on any atom is 0.246 e. The fourth-order valence-corrected chi connectivity index (χ4v) is 16.2. The number of hydrogen-bond acceptors (Lipinski definition) is 26. The van der Waals surface area contributed by atoms with Crippen molar-refractivity contribution in [3.05, 3.63) is 89.5 Å². The van der Waals surface area contributed by atoms with Crippen LogP contribution in [0.5, 0.6) is 0 Å². The number of fused-ring (bicyclic) bond motifs is 2. The molecule has 13 atom stereocenters. The molecule has 138 heavy (non-hydrogen) atoms. The van der Waals surface area contributed by atoms with Crippen molar-refractivity contribution >= 4 is 117 Å². The molecule has 2 saturated heterocycles. The molecular weight excluding hydrogens is 1790 g/mol. The largest absolute Gasteiger partial charge is 0.394 e. The number of primary amides is 1. The SMILES string of the molecule is CCCC[C@H](NC(=O)[C@@H](NC(=O)[C@H](CC1=CCC=N1)NC(=O)[C@H](CCC(N)=O)NC(=O)[C@H](CO)NC(=O)CNC(=O)COCCOCCNC(=O)CCCCCCCCCCCCCCCc1nnn[nH]1)C(C)O)C(=O)N[C@H]1CCC(=O)CCCCC[C@@H](C(C)=O)NC(=O)[C@H](Cc2c[nH]c3ccccc23)NC(=O)[C@H](CCCNC(=N)N)NC(=O)[C@@H](Cc2ccccc2)NC(=O)[C@@H]2C[C@@H](O)CN2C1=O. The minimum atomic E-state index is -1.93. The Hall–Kier alpha value is -12.6. The van der Waals surface area contributed by atoms with E-state index < -0.39 is 213 Å². The lowest BCUT2D eigenvalue weighted by molar-refractivity contribution is -0.143. The van der Waals surface area contributed by atoms with Crippen LogP contribution < -0.4 is 80.6 Å². The van der Waals surface area contributed by atoms with Gasteiger partial charge in [-0.15, -0.1) is 5.10 Å². The molecule has 0 spiro atoms. The molecule has 0 saturated carbocycles. The van der Waals surface area contributed by atoms with Crippen LogP contribution >= 0.6 is 0 Å². The van der Waals surface area contributed by atoms with Gasteiger partial charge in [-0.3, -0.25) is 87.1 Å². The molecule has 0 bridgehead atoms. The maximum atomic E-state index is 15.4. The van der Waals surface area contributed by atoms with E-state index in [1.165, 1.54) is 64.5 Å². The Kier molecular flexibility index (Phi) is 50.8. The number of H-pyrrole nitrogens is 2. The molecule has 0 radical (unpaired) electrons. The summed E-state index contributed by atoms with van der Waals surface area (Å²) in [5, 5.41) is 89.2. The maximum absolute atomic E-state index is 15.4. The van der Waals surface area contributed by atoms with E-state index in [0.29, 0.717) is 43.2 Å². The summed E-state index contributed by atoms with van der Waals surface area (Å²) in [5.74, 6) is -13.0. The van der Waals surface area contributed by atoms with Gasteiger partial charge in [0.2, 0.25) is 82.7 Å². The summed E-state index contributed by atoms with van der Waals surface area (Å²) in [7, 11) is 0. The van der Waals surface area contributed by atoms with Gasteiger partial charge in [0.05, 0.1) is 51.2 Å². The predicted octanol–water partition coefficient (Wildman–Crippen LogP) is -0.0113. The van der Waals surface area contributed by atoms with E-state index in [4.69, 9.17) is 26.4 Å². The Labute approximate surface area is 803 Å². The van der Waals surface area contributed by atoms with Crippen molar-refractivity contribution in [2.75, 3.05) is 59.2 Å². The summed E-state index contributed by atoms with van der Waals surface area (Å²) < 4.78 is 10.9. The molecule has 44 heteroatoms. The molecule has 7 rings (SSSR count). The van der Waals surface area contributed by atoms with Crippen LogP contribution in [0.4, 0.5) is 0 Å². The number of benzene rings is 2. The molecule has 2 fully saturated rings. The smallest absolute Gasteiger partial charge is 0.246 e. The average molecular weight is 1930 g/mol. The van der Waals surface area contributed by atoms with Crippen LogP contribution in [-0.2, 0) is 105 Å². The van der Waals surface area contributed by atoms with E-state index in [1.54, 1.807) is 55.6 Å². The normalized spacial score (nSPS) is 19.4. The third-order valence-electron chi connectivity index (χ3n) is 24.0. The number of carbonyl (C=O) groups excluding carboxylic acids is 16. The van der Waals surface area contributed by atoms with Crippen molar-refractivity contribution < 1.29 is 102 Å². The Morgan fingerprint density at radius 3 is 1.93 bits per heavy atom. The molecule has 760 valence electrons. The van der Waals surface area contributed by atoms with E-state index in [2.05, 4.69) is 99.7 Å². The highest BCUT2D eigenvalue weighted by atomic mass is 16.5. The molecule has 23 N–H and O–H groups in total. The number of aromatic amines is 2. The van der Waals surface area contributed by atoms with E-state index in [1.807, 2.05) is 18.2 Å². The fraction of sp³-hybridized carbons (Fsp3) is 0.628. The van der Waals surface area contributed by atoms with Crippen LogP contribution in [-0.4, -0.2) is 290 Å². The second-order valence-electron chi connectivity index (χ2n) is 35.3. The van der Waals surface area contributed by atoms with Crippen molar-refractivity contribution in [1.29, 1.82) is 5.41 Å². The van der Waals surface area contributed by atoms with Crippen molar-refractivity contribution in [1.82, 2.24) is 99.6 Å². The number of guanidine groups is 1. The monoisotopic (exact) mass is 1930 g/mol. The summed E-state index contributed by atoms with van der Waals surface area (Å²) in [6.45, 7) is 2.10. The van der Waals surface area contributed by atoms with Crippen LogP contribution in [0.3, 0.4) is 0 Å². The van der Waals surface area contributed by atoms with Gasteiger partial charge in [0, 0.05) is 113 Å². The Morgan fingerprint density at radius 2 is 1.25 bits per heavy atom. The van der Waals surface area contributed by atoms with Crippen LogP contribution in [0.25, 0.3) is 10.9 Å². The zero-order chi connectivity index (χ0) is 100. The summed E-state index contributed by atoms with van der Waals surface area (Å²) in [6, 6.07) is -1.54. The zero-order valence-corrected chi connectivity index (χ0v) is 79.4. The lowest BCUT2D eigenvalue weighted by Crippen LogP contribution is -2.62. The number of nitrogens with zero attached hydrogens (tertiary/aromatic N) is 5. The molecule has 2 aromatic carbocycles. The Bertz CT molecular complexity index is 4670. The first-order valence-electron chi connectivity index (χ1n) is 48.3. The van der Waals surface area contributed by atoms with Gasteiger partial charge in [0.1, 0.15) is 78.6 Å². The lowest BCUT2D eigenvalue weighted by atomic mass is 9.99. The third-order valence-corrected chi connectivity index (χ3v) is 24.0. The number of aliphatic hydroxyl groups is 3. The number of aryl methyl sites for hydroxylation is 1. The standard InChI is InChI=1S/C94H143N23O21/c1-4-5-34-69(84(127)108-72-41-40-64(121)32-21-18-22-35-67(59(2)119)104-88(131)74(51-62-54-101-68-36-26-25-33-66(62)68)109-85(128)70(37-28-45-100-94(96)97)105-87(130)73(50-61-29-19-17-20-30-61)111-91(134)77-53-65(122)56-117(77)93(72)136)107-92(135)83(60(3)120)112-89(132)75(52-63-31-27-44-98-63)110-86(129)71(42-43-78(95)123)106-90(133)76(57-118)103-81(125)55-102-82(126)58-138-49-48-137-47-46-99-80(124)39-24-16-14-12-10-8-6-7-9-11-13-15-23-38-79-113-115-116-114-79/h17,19-20,25-26,29-31,33,36,44,54,60,65,67,69-77,83,101,118,120,122H,4-16,18,21-24,27-28,32,34-35,37-43,45-53,55-58H2,1-3H3,(H2,95,123)(H,99,124)(H,102,126)(H,103,125)(H,104,131)(H,105,130)(H,106,133)(H,107,135)(H,108,127)(H,109,128)(H,110,129)(H,111,134)(H,112,132)(H4,96,97,100)(H,113,114,115,116)/t60?,65-,67+,69+,70+,71+,72+,73-,74+,75+,76+,77+,83+/m1/s1. The first kappa shape index (κ1) is 112. The number of ketones is 2. The highest BCUT2D eigenvalue weighted by Crippen LogP contribution is 2.25. The van der Waals surface area contributed by atoms with Crippen LogP contribution in [0, 0.1) is 5.41 Å². The van der Waals surface area contributed by atoms with Crippen LogP contribution in [0.2, 0.25) is 0 Å². The molecule has 0 aliphatic carbocycles. The quantitative estimate of drug-likeness (QED) is 0.0157. The number of ether oxygens (including phenoxy) is 2. The van der Waals surface area contributed by atoms with Crippen molar-refractivity contribution in [2.24, 2.45) is 16.5 Å². The number of amides is 14. The van der Waals surface area contributed by atoms with Crippen LogP contribution in [0.15, 0.2) is 77.6 Å². The highest BCUT2D eigenvalue weighted by Gasteiger charge is 2.45. The average Bonchev–Trinajstić information content (AvgIpc) is 1.60. The number of nitrogens with two attached hydrogens (primary N) is 2. The first-order valence-corrected chi connectivity index (χ1v) is 48.3. The minimum absolute atomic E-state index is 0.0117. The molecule has 44 nitrogen and oxygen atoms in total. The second kappa shape index (κ2) is 62.3. The van der Waals surface area contributed by atoms with Crippen LogP contribution in [0.1, 0.15) is 237 Å². The summed E-state index contributed by atoms with van der Waals surface area (Å²) in [6.07, 6.45) is 16.9. The summed E-state index contributed by atoms with van der Waals surface area (Å²) in [4.78, 5) is 234. The van der Waals surface area contributed by atoms with E-state index in [-0.39, 0.29) is 127 Å². The molecule has 4 aromatic rings. The lowest BCUT2D eigenvalue weighted by Gasteiger charge is -2.31. The van der Waals surface area contributed by atoms with Gasteiger partial charge in [-0.2, -0.15) is 0 Å². The van der Waals surface area contributed by atoms with Gasteiger partial charge in [0.15, 0.2) is 11.7 Å². The summed E-state index contributed by atoms with van der Waals surface area (Å²) in [5.41, 5.74) is 13.3. The molecule has 2 aromatic heterocycles. The van der Waals surface area contributed by atoms with Gasteiger partial charge in [0.25, 0.3) is 0 Å². The van der Waals surface area contributed by atoms with Gasteiger partial charge in [-0.25, -0.2) is 5.10 Å². The van der Waals surface area contributed by atoms with Gasteiger partial charge >= 0.3 is 0 Å². The van der Waals surface area contributed by atoms with Gasteiger partial charge in [-0.1, -0.05) is 158 Å². The molecule has 3 aliphatic heterocycles. The summed E-state index contributed by atoms with van der Waals surface area (Å²) >= 11 is 0. The molecular formula is C94H143N23O21. The molecule has 1 unspecified atom stereocenters. The number of Topliss-reactive ketones (excluding diaryl/α,β-unsaturated/α-hetero) is 2. The second-order valence-corrected chi connectivity index (χ2v) is 35.3. The number of unbranched alkanes of at least 4 members (excludes halogenated alkanes) is 13. The Morgan fingerprint density at radius 1 is 0.616 bits per heavy atom. The van der Waals surface area contributed by atoms with E-state index >= 15 is 19.2 Å². The highest BCUT2D eigenvalue weighted by molar-refractivity contribution is 6.01. The number of nitrogens with one attached hydrogen (secondary N) is 16. The van der Waals surface area contributed by atoms with Gasteiger partial charge < -0.3 is 115 Å². The molecule has 3 aliphatic rings. The predicted molar refractivity (Wildman–Crippen MR) is 507 cm³/mol. The topological polar surface area (TPSA) is 670 Å². The number of rotatable bonds is 56. The number of allylic oxidation sites excluding steroid dienone is 1. The number of aliphatic imine (C=N–C) groups is 1. The zero-order valence-electron chi connectivity index (χ0n) is 79.4. The third kappa shape index (κ3) is 41.8. The van der Waals surface area contributed by atoms with E-state index in [9.17, 15) is 72.9 Å². The fourth-order valence-electron chi connectivity index (χ4n) is 16.2. The first-order chi connectivity index (χ1) is 66.4. The number of carbonyl (C=O) groups is 16. The number of para-hydroxylation sites is 1. The molecule has 5 heterocycles. The van der Waals surface area contributed by atoms with Crippen molar-refractivity contribution in [2.45, 2.75) is 318 Å². The number of aliphatic hydroxyl groups excluding tert-OH is 3.